The van der Waals surface area contributed by atoms with Crippen molar-refractivity contribution in [3.63, 3.8) is 0 Å². The van der Waals surface area contributed by atoms with Gasteiger partial charge in [-0.1, -0.05) is 42.1 Å². The molecule has 0 aliphatic rings. The fraction of sp³-hybridized carbons (Fsp3) is 0.278. The highest BCUT2D eigenvalue weighted by Gasteiger charge is 2.15. The third kappa shape index (κ3) is 4.56. The number of hydrogen-bond acceptors (Lipinski definition) is 7. The Morgan fingerprint density at radius 2 is 2.04 bits per heavy atom. The van der Waals surface area contributed by atoms with Crippen molar-refractivity contribution in [2.24, 2.45) is 0 Å². The van der Waals surface area contributed by atoms with E-state index in [0.717, 1.165) is 26.4 Å². The van der Waals surface area contributed by atoms with Gasteiger partial charge in [-0.15, -0.1) is 11.3 Å². The molecule has 0 amide bonds. The molecule has 2 aromatic heterocycles. The maximum absolute atomic E-state index is 11.9. The van der Waals surface area contributed by atoms with Crippen LogP contribution in [0.5, 0.6) is 0 Å². The number of benzene rings is 1. The van der Waals surface area contributed by atoms with E-state index < -0.39 is 0 Å². The highest BCUT2D eigenvalue weighted by molar-refractivity contribution is 8.00. The van der Waals surface area contributed by atoms with E-state index in [1.165, 1.54) is 18.1 Å². The molecule has 3 aromatic rings. The van der Waals surface area contributed by atoms with E-state index in [9.17, 15) is 4.79 Å². The largest absolute Gasteiger partial charge is 0.463 e. The average Bonchev–Trinajstić information content (AvgIpc) is 3.09. The molecule has 130 valence electrons. The van der Waals surface area contributed by atoms with E-state index in [-0.39, 0.29) is 18.3 Å². The van der Waals surface area contributed by atoms with Gasteiger partial charge in [0, 0.05) is 17.6 Å². The van der Waals surface area contributed by atoms with E-state index in [4.69, 9.17) is 9.47 Å². The first kappa shape index (κ1) is 17.8. The number of carbonyl (C=O) groups excluding carboxylic acids is 1. The summed E-state index contributed by atoms with van der Waals surface area (Å²) in [7, 11) is 0. The van der Waals surface area contributed by atoms with Crippen LogP contribution in [-0.4, -0.2) is 41.5 Å². The summed E-state index contributed by atoms with van der Waals surface area (Å²) in [6, 6.07) is 10.1. The predicted molar refractivity (Wildman–Crippen MR) is 101 cm³/mol. The molecule has 1 aromatic carbocycles. The van der Waals surface area contributed by atoms with Gasteiger partial charge in [-0.3, -0.25) is 4.79 Å². The third-order valence-electron chi connectivity index (χ3n) is 3.44. The molecular weight excluding hydrogens is 356 g/mol. The Bertz CT molecular complexity index is 837. The number of thioether (sulfide) groups is 1. The molecule has 0 saturated carbocycles. The van der Waals surface area contributed by atoms with Crippen molar-refractivity contribution in [1.29, 1.82) is 0 Å². The highest BCUT2D eigenvalue weighted by atomic mass is 32.2. The highest BCUT2D eigenvalue weighted by Crippen LogP contribution is 2.37. The van der Waals surface area contributed by atoms with Crippen LogP contribution in [0.3, 0.4) is 0 Å². The molecule has 3 rings (SSSR count). The van der Waals surface area contributed by atoms with Crippen molar-refractivity contribution in [2.45, 2.75) is 11.9 Å². The Balaban J connectivity index is 1.74. The van der Waals surface area contributed by atoms with Crippen LogP contribution in [0.2, 0.25) is 0 Å². The molecule has 0 unspecified atom stereocenters. The zero-order valence-electron chi connectivity index (χ0n) is 13.8. The normalized spacial score (nSPS) is 10.9. The minimum atomic E-state index is -0.270. The maximum atomic E-state index is 11.9. The second kappa shape index (κ2) is 8.94. The van der Waals surface area contributed by atoms with Gasteiger partial charge in [0.05, 0.1) is 17.7 Å². The van der Waals surface area contributed by atoms with Crippen LogP contribution in [0.4, 0.5) is 0 Å². The minimum absolute atomic E-state index is 0.211. The van der Waals surface area contributed by atoms with Gasteiger partial charge in [-0.2, -0.15) is 0 Å². The summed E-state index contributed by atoms with van der Waals surface area (Å²) in [4.78, 5) is 21.5. The van der Waals surface area contributed by atoms with Crippen molar-refractivity contribution in [3.05, 3.63) is 42.0 Å². The number of fused-ring (bicyclic) bond motifs is 1. The van der Waals surface area contributed by atoms with E-state index in [1.807, 2.05) is 25.1 Å². The molecule has 0 saturated heterocycles. The molecular formula is C18H18N2O3S2. The van der Waals surface area contributed by atoms with Crippen LogP contribution in [-0.2, 0) is 14.3 Å². The second-order valence-corrected chi connectivity index (χ2v) is 6.90. The summed E-state index contributed by atoms with van der Waals surface area (Å²) in [5.41, 5.74) is 2.21. The quantitative estimate of drug-likeness (QED) is 0.257. The summed E-state index contributed by atoms with van der Waals surface area (Å²) >= 11 is 2.95. The van der Waals surface area contributed by atoms with Gasteiger partial charge in [0.25, 0.3) is 0 Å². The van der Waals surface area contributed by atoms with Crippen molar-refractivity contribution in [2.75, 3.05) is 25.6 Å². The number of nitrogens with zero attached hydrogens (tertiary/aromatic N) is 2. The molecule has 0 fully saturated rings. The lowest BCUT2D eigenvalue weighted by atomic mass is 10.1. The molecule has 0 atom stereocenters. The van der Waals surface area contributed by atoms with Gasteiger partial charge in [-0.05, 0) is 12.5 Å². The minimum Gasteiger partial charge on any atom is -0.463 e. The fourth-order valence-electron chi connectivity index (χ4n) is 2.31. The number of carbonyl (C=O) groups is 1. The molecule has 25 heavy (non-hydrogen) atoms. The fourth-order valence-corrected chi connectivity index (χ4v) is 4.11. The molecule has 0 N–H and O–H groups in total. The maximum Gasteiger partial charge on any atom is 0.316 e. The number of thiophene rings is 1. The summed E-state index contributed by atoms with van der Waals surface area (Å²) in [5, 5.41) is 3.87. The lowest BCUT2D eigenvalue weighted by molar-refractivity contribution is -0.141. The Morgan fingerprint density at radius 1 is 1.20 bits per heavy atom. The SMILES string of the molecule is CCOCCOC(=O)CSc1ncnc2scc(-c3ccccc3)c12. The number of rotatable bonds is 8. The first-order valence-corrected chi connectivity index (χ1v) is 9.80. The molecule has 2 heterocycles. The number of aromatic nitrogens is 2. The van der Waals surface area contributed by atoms with E-state index in [0.29, 0.717) is 13.2 Å². The summed E-state index contributed by atoms with van der Waals surface area (Å²) in [6.07, 6.45) is 1.54. The van der Waals surface area contributed by atoms with Crippen LogP contribution in [0, 0.1) is 0 Å². The Morgan fingerprint density at radius 3 is 2.84 bits per heavy atom. The smallest absolute Gasteiger partial charge is 0.316 e. The summed E-state index contributed by atoms with van der Waals surface area (Å²) in [6.45, 7) is 3.22. The van der Waals surface area contributed by atoms with Gasteiger partial charge >= 0.3 is 5.97 Å². The van der Waals surface area contributed by atoms with Crippen molar-refractivity contribution < 1.29 is 14.3 Å². The zero-order chi connectivity index (χ0) is 17.5. The Hall–Kier alpha value is -1.96. The number of hydrogen-bond donors (Lipinski definition) is 0. The van der Waals surface area contributed by atoms with Gasteiger partial charge in [0.1, 0.15) is 22.8 Å². The lowest BCUT2D eigenvalue weighted by Crippen LogP contribution is -2.12. The summed E-state index contributed by atoms with van der Waals surface area (Å²) in [5.74, 6) is -0.0598. The van der Waals surface area contributed by atoms with Crippen LogP contribution >= 0.6 is 23.1 Å². The van der Waals surface area contributed by atoms with Crippen LogP contribution in [0.1, 0.15) is 6.92 Å². The van der Waals surface area contributed by atoms with E-state index >= 15 is 0 Å². The number of ether oxygens (including phenoxy) is 2. The monoisotopic (exact) mass is 374 g/mol. The molecule has 0 aliphatic carbocycles. The third-order valence-corrected chi connectivity index (χ3v) is 5.29. The summed E-state index contributed by atoms with van der Waals surface area (Å²) < 4.78 is 10.3. The predicted octanol–water partition coefficient (Wildman–Crippen LogP) is 4.03. The van der Waals surface area contributed by atoms with Gasteiger partial charge < -0.3 is 9.47 Å². The average molecular weight is 374 g/mol. The molecule has 5 nitrogen and oxygen atoms in total. The van der Waals surface area contributed by atoms with Crippen LogP contribution in [0.15, 0.2) is 47.1 Å². The Labute approximate surface area is 154 Å². The van der Waals surface area contributed by atoms with Crippen LogP contribution in [0.25, 0.3) is 21.3 Å². The molecule has 7 heteroatoms. The van der Waals surface area contributed by atoms with Crippen LogP contribution < -0.4 is 0 Å². The molecule has 0 spiro atoms. The standard InChI is InChI=1S/C18H18N2O3S2/c1-2-22-8-9-23-15(21)11-25-18-16-14(13-6-4-3-5-7-13)10-24-17(16)19-12-20-18/h3-7,10,12H,2,8-9,11H2,1H3. The van der Waals surface area contributed by atoms with Crippen molar-refractivity contribution >= 4 is 39.3 Å². The second-order valence-electron chi connectivity index (χ2n) is 5.08. The van der Waals surface area contributed by atoms with Crippen molar-refractivity contribution in [1.82, 2.24) is 9.97 Å². The van der Waals surface area contributed by atoms with Gasteiger partial charge in [-0.25, -0.2) is 9.97 Å². The zero-order valence-corrected chi connectivity index (χ0v) is 15.4. The first-order chi connectivity index (χ1) is 12.3. The topological polar surface area (TPSA) is 61.3 Å². The van der Waals surface area contributed by atoms with Gasteiger partial charge in [0.2, 0.25) is 0 Å². The van der Waals surface area contributed by atoms with Gasteiger partial charge in [0.15, 0.2) is 0 Å². The molecule has 0 aliphatic heterocycles. The molecule has 0 bridgehead atoms. The molecule has 0 radical (unpaired) electrons. The Kier molecular flexibility index (Phi) is 6.38. The number of esters is 1. The van der Waals surface area contributed by atoms with Crippen molar-refractivity contribution in [3.8, 4) is 11.1 Å². The van der Waals surface area contributed by atoms with E-state index in [2.05, 4.69) is 27.5 Å². The van der Waals surface area contributed by atoms with E-state index in [1.54, 1.807) is 11.3 Å². The first-order valence-electron chi connectivity index (χ1n) is 7.93. The lowest BCUT2D eigenvalue weighted by Gasteiger charge is -2.06.